The summed E-state index contributed by atoms with van der Waals surface area (Å²) >= 11 is 3.34. The third-order valence-corrected chi connectivity index (χ3v) is 4.05. The number of aromatic carboxylic acids is 1. The van der Waals surface area contributed by atoms with Crippen LogP contribution in [0.1, 0.15) is 40.1 Å². The highest BCUT2D eigenvalue weighted by Gasteiger charge is 2.44. The number of nitrogens with zero attached hydrogens (tertiary/aromatic N) is 1. The standard InChI is InChI=1S/C13H14BrNO4/c1-13(2)10-8(11(17)15(13)3-4-16)5-7(12(18)19)6-9(10)14/h5-6,16H,3-4H2,1-2H3,(H,18,19). The Hall–Kier alpha value is -1.40. The lowest BCUT2D eigenvalue weighted by Gasteiger charge is -2.32. The van der Waals surface area contributed by atoms with Crippen molar-refractivity contribution >= 4 is 27.8 Å². The fourth-order valence-corrected chi connectivity index (χ4v) is 3.48. The minimum atomic E-state index is -1.07. The van der Waals surface area contributed by atoms with Crippen molar-refractivity contribution in [2.75, 3.05) is 13.2 Å². The van der Waals surface area contributed by atoms with Gasteiger partial charge < -0.3 is 15.1 Å². The molecule has 19 heavy (non-hydrogen) atoms. The molecule has 1 aromatic carbocycles. The highest BCUT2D eigenvalue weighted by atomic mass is 79.9. The van der Waals surface area contributed by atoms with Crippen LogP contribution in [-0.4, -0.2) is 40.1 Å². The number of carboxylic acid groups (broad SMARTS) is 1. The Kier molecular flexibility index (Phi) is 3.40. The van der Waals surface area contributed by atoms with E-state index < -0.39 is 11.5 Å². The number of hydrogen-bond donors (Lipinski definition) is 2. The minimum Gasteiger partial charge on any atom is -0.478 e. The van der Waals surface area contributed by atoms with Crippen LogP contribution >= 0.6 is 15.9 Å². The number of hydrogen-bond acceptors (Lipinski definition) is 3. The second kappa shape index (κ2) is 4.61. The van der Waals surface area contributed by atoms with Crippen LogP contribution in [-0.2, 0) is 5.54 Å². The maximum absolute atomic E-state index is 12.3. The molecule has 1 aliphatic heterocycles. The van der Waals surface area contributed by atoms with Gasteiger partial charge in [0, 0.05) is 22.1 Å². The Balaban J connectivity index is 2.64. The van der Waals surface area contributed by atoms with E-state index in [-0.39, 0.29) is 24.6 Å². The lowest BCUT2D eigenvalue weighted by atomic mass is 9.92. The maximum atomic E-state index is 12.3. The molecule has 0 saturated heterocycles. The number of benzene rings is 1. The van der Waals surface area contributed by atoms with Crippen molar-refractivity contribution in [3.63, 3.8) is 0 Å². The number of carbonyl (C=O) groups excluding carboxylic acids is 1. The number of rotatable bonds is 3. The highest BCUT2D eigenvalue weighted by Crippen LogP contribution is 2.43. The van der Waals surface area contributed by atoms with Gasteiger partial charge in [-0.25, -0.2) is 4.79 Å². The second-order valence-corrected chi connectivity index (χ2v) is 5.78. The number of fused-ring (bicyclic) bond motifs is 1. The Morgan fingerprint density at radius 3 is 2.58 bits per heavy atom. The van der Waals surface area contributed by atoms with Crippen molar-refractivity contribution in [3.05, 3.63) is 33.3 Å². The summed E-state index contributed by atoms with van der Waals surface area (Å²) < 4.78 is 0.598. The first-order valence-corrected chi connectivity index (χ1v) is 6.60. The monoisotopic (exact) mass is 327 g/mol. The molecule has 1 aliphatic rings. The molecule has 1 aromatic rings. The SMILES string of the molecule is CC1(C)c2c(Br)cc(C(=O)O)cc2C(=O)N1CCO. The third-order valence-electron chi connectivity index (χ3n) is 3.42. The average Bonchev–Trinajstić information content (AvgIpc) is 2.50. The number of aliphatic hydroxyl groups excluding tert-OH is 1. The third kappa shape index (κ3) is 2.04. The molecule has 2 N–H and O–H groups in total. The molecular weight excluding hydrogens is 314 g/mol. The normalized spacial score (nSPS) is 16.6. The van der Waals surface area contributed by atoms with Crippen LogP contribution in [0.15, 0.2) is 16.6 Å². The molecule has 1 heterocycles. The molecule has 0 saturated carbocycles. The van der Waals surface area contributed by atoms with E-state index in [1.54, 1.807) is 4.90 Å². The van der Waals surface area contributed by atoms with Gasteiger partial charge in [0.25, 0.3) is 5.91 Å². The lowest BCUT2D eigenvalue weighted by Crippen LogP contribution is -2.41. The quantitative estimate of drug-likeness (QED) is 0.887. The molecule has 0 bridgehead atoms. The van der Waals surface area contributed by atoms with Crippen molar-refractivity contribution in [1.82, 2.24) is 4.90 Å². The fraction of sp³-hybridized carbons (Fsp3) is 0.385. The number of amides is 1. The smallest absolute Gasteiger partial charge is 0.335 e. The summed E-state index contributed by atoms with van der Waals surface area (Å²) in [6, 6.07) is 2.89. The number of aliphatic hydroxyl groups is 1. The van der Waals surface area contributed by atoms with Crippen LogP contribution in [0.25, 0.3) is 0 Å². The van der Waals surface area contributed by atoms with Crippen LogP contribution in [0.2, 0.25) is 0 Å². The number of carboxylic acids is 1. The maximum Gasteiger partial charge on any atom is 0.335 e. The molecule has 1 amide bonds. The van der Waals surface area contributed by atoms with Crippen molar-refractivity contribution in [2.24, 2.45) is 0 Å². The van der Waals surface area contributed by atoms with Crippen molar-refractivity contribution in [2.45, 2.75) is 19.4 Å². The van der Waals surface area contributed by atoms with E-state index in [4.69, 9.17) is 10.2 Å². The van der Waals surface area contributed by atoms with Crippen molar-refractivity contribution in [1.29, 1.82) is 0 Å². The van der Waals surface area contributed by atoms with Crippen molar-refractivity contribution in [3.8, 4) is 0 Å². The van der Waals surface area contributed by atoms with E-state index in [0.717, 1.165) is 5.56 Å². The molecule has 6 heteroatoms. The van der Waals surface area contributed by atoms with Crippen LogP contribution < -0.4 is 0 Å². The molecule has 0 spiro atoms. The Bertz CT molecular complexity index is 568. The zero-order chi connectivity index (χ0) is 14.4. The predicted molar refractivity (Wildman–Crippen MR) is 72.2 cm³/mol. The summed E-state index contributed by atoms with van der Waals surface area (Å²) in [7, 11) is 0. The van der Waals surface area contributed by atoms with Crippen molar-refractivity contribution < 1.29 is 19.8 Å². The molecule has 2 rings (SSSR count). The molecule has 0 aromatic heterocycles. The number of carbonyl (C=O) groups is 2. The lowest BCUT2D eigenvalue weighted by molar-refractivity contribution is 0.0561. The summed E-state index contributed by atoms with van der Waals surface area (Å²) in [5, 5.41) is 18.1. The molecule has 102 valence electrons. The van der Waals surface area contributed by atoms with E-state index in [1.807, 2.05) is 13.8 Å². The van der Waals surface area contributed by atoms with E-state index in [2.05, 4.69) is 15.9 Å². The summed E-state index contributed by atoms with van der Waals surface area (Å²) in [4.78, 5) is 24.9. The van der Waals surface area contributed by atoms with Crippen LogP contribution in [0.3, 0.4) is 0 Å². The van der Waals surface area contributed by atoms with Gasteiger partial charge in [0.05, 0.1) is 17.7 Å². The van der Waals surface area contributed by atoms with E-state index in [0.29, 0.717) is 10.0 Å². The fourth-order valence-electron chi connectivity index (χ4n) is 2.54. The molecule has 0 fully saturated rings. The van der Waals surface area contributed by atoms with Gasteiger partial charge in [-0.05, 0) is 26.0 Å². The first-order valence-electron chi connectivity index (χ1n) is 5.81. The molecule has 0 atom stereocenters. The molecule has 0 aliphatic carbocycles. The summed E-state index contributed by atoms with van der Waals surface area (Å²) in [6.07, 6.45) is 0. The molecule has 0 unspecified atom stereocenters. The Morgan fingerprint density at radius 1 is 1.42 bits per heavy atom. The van der Waals surface area contributed by atoms with Gasteiger partial charge in [-0.3, -0.25) is 4.79 Å². The predicted octanol–water partition coefficient (Wildman–Crippen LogP) is 1.83. The highest BCUT2D eigenvalue weighted by molar-refractivity contribution is 9.10. The second-order valence-electron chi connectivity index (χ2n) is 4.93. The van der Waals surface area contributed by atoms with Gasteiger partial charge in [-0.15, -0.1) is 0 Å². The minimum absolute atomic E-state index is 0.0700. The Morgan fingerprint density at radius 2 is 2.05 bits per heavy atom. The zero-order valence-electron chi connectivity index (χ0n) is 10.6. The van der Waals surface area contributed by atoms with E-state index in [1.165, 1.54) is 12.1 Å². The van der Waals surface area contributed by atoms with E-state index >= 15 is 0 Å². The summed E-state index contributed by atoms with van der Waals surface area (Å²) in [6.45, 7) is 3.83. The zero-order valence-corrected chi connectivity index (χ0v) is 12.2. The van der Waals surface area contributed by atoms with Gasteiger partial charge >= 0.3 is 5.97 Å². The summed E-state index contributed by atoms with van der Waals surface area (Å²) in [5.41, 5.74) is 0.632. The average molecular weight is 328 g/mol. The van der Waals surface area contributed by atoms with Gasteiger partial charge in [-0.2, -0.15) is 0 Å². The van der Waals surface area contributed by atoms with Gasteiger partial charge in [0.1, 0.15) is 0 Å². The molecule has 5 nitrogen and oxygen atoms in total. The first-order chi connectivity index (χ1) is 8.80. The van der Waals surface area contributed by atoms with Crippen LogP contribution in [0, 0.1) is 0 Å². The molecule has 0 radical (unpaired) electrons. The number of halogens is 1. The van der Waals surface area contributed by atoms with Crippen LogP contribution in [0.5, 0.6) is 0 Å². The topological polar surface area (TPSA) is 77.8 Å². The van der Waals surface area contributed by atoms with E-state index in [9.17, 15) is 9.59 Å². The van der Waals surface area contributed by atoms with Gasteiger partial charge in [0.15, 0.2) is 0 Å². The first kappa shape index (κ1) is 14.0. The summed E-state index contributed by atoms with van der Waals surface area (Å²) in [5.74, 6) is -1.33. The van der Waals surface area contributed by atoms with Gasteiger partial charge in [-0.1, -0.05) is 15.9 Å². The molecular formula is C13H14BrNO4. The largest absolute Gasteiger partial charge is 0.478 e. The Labute approximate surface area is 119 Å². The van der Waals surface area contributed by atoms with Gasteiger partial charge in [0.2, 0.25) is 0 Å². The number of β-amino-alcohol motifs (C(OH)–C–C–N with tert-alkyl or cyclic N) is 1. The van der Waals surface area contributed by atoms with Crippen LogP contribution in [0.4, 0.5) is 0 Å².